The molecule has 2 heteroatoms. The number of hydrogen-bond donors (Lipinski definition) is 0. The maximum absolute atomic E-state index is 10.9. The van der Waals surface area contributed by atoms with Crippen molar-refractivity contribution in [2.45, 2.75) is 71.3 Å². The van der Waals surface area contributed by atoms with Crippen molar-refractivity contribution in [3.05, 3.63) is 24.8 Å². The van der Waals surface area contributed by atoms with Crippen LogP contribution in [-0.4, -0.2) is 12.1 Å². The molecule has 18 heavy (non-hydrogen) atoms. The number of carbonyl (C=O) groups is 1. The van der Waals surface area contributed by atoms with Crippen molar-refractivity contribution in [1.29, 1.82) is 0 Å². The van der Waals surface area contributed by atoms with Gasteiger partial charge in [-0.2, -0.15) is 0 Å². The number of unbranched alkanes of at least 4 members (excludes halogenated alkanes) is 6. The number of esters is 1. The summed E-state index contributed by atoms with van der Waals surface area (Å²) >= 11 is 0. The average molecular weight is 252 g/mol. The number of allylic oxidation sites excluding steroid dienone is 2. The lowest BCUT2D eigenvalue weighted by atomic mass is 10.1. The van der Waals surface area contributed by atoms with Crippen LogP contribution in [0.15, 0.2) is 24.8 Å². The summed E-state index contributed by atoms with van der Waals surface area (Å²) in [5, 5.41) is 0. The molecule has 0 rings (SSSR count). The van der Waals surface area contributed by atoms with Crippen molar-refractivity contribution in [2.75, 3.05) is 0 Å². The molecule has 0 radical (unpaired) electrons. The van der Waals surface area contributed by atoms with Crippen molar-refractivity contribution in [3.63, 3.8) is 0 Å². The van der Waals surface area contributed by atoms with E-state index in [2.05, 4.69) is 13.5 Å². The fraction of sp³-hybridized carbons (Fsp3) is 0.688. The molecule has 0 aromatic carbocycles. The van der Waals surface area contributed by atoms with Crippen LogP contribution in [0.25, 0.3) is 0 Å². The van der Waals surface area contributed by atoms with Crippen molar-refractivity contribution < 1.29 is 9.53 Å². The Labute approximate surface area is 112 Å². The number of carbonyl (C=O) groups excluding carboxylic acids is 1. The van der Waals surface area contributed by atoms with Gasteiger partial charge in [0.1, 0.15) is 6.10 Å². The van der Waals surface area contributed by atoms with Gasteiger partial charge in [0, 0.05) is 6.92 Å². The highest BCUT2D eigenvalue weighted by Crippen LogP contribution is 2.12. The molecule has 1 atom stereocenters. The summed E-state index contributed by atoms with van der Waals surface area (Å²) < 4.78 is 5.22. The minimum Gasteiger partial charge on any atom is -0.458 e. The molecule has 0 aromatic rings. The van der Waals surface area contributed by atoms with Gasteiger partial charge >= 0.3 is 5.97 Å². The molecule has 0 saturated heterocycles. The molecule has 0 heterocycles. The topological polar surface area (TPSA) is 26.3 Å². The van der Waals surface area contributed by atoms with E-state index in [0.29, 0.717) is 0 Å². The van der Waals surface area contributed by atoms with Crippen LogP contribution in [0.4, 0.5) is 0 Å². The van der Waals surface area contributed by atoms with Crippen LogP contribution in [-0.2, 0) is 9.53 Å². The average Bonchev–Trinajstić information content (AvgIpc) is 2.34. The van der Waals surface area contributed by atoms with Gasteiger partial charge in [0.25, 0.3) is 0 Å². The predicted molar refractivity (Wildman–Crippen MR) is 77.5 cm³/mol. The zero-order valence-corrected chi connectivity index (χ0v) is 12.0. The minimum atomic E-state index is -0.211. The monoisotopic (exact) mass is 252 g/mol. The number of ether oxygens (including phenoxy) is 1. The Bertz CT molecular complexity index is 243. The van der Waals surface area contributed by atoms with Crippen LogP contribution in [0.5, 0.6) is 0 Å². The van der Waals surface area contributed by atoms with E-state index in [1.165, 1.54) is 45.4 Å². The SMILES string of the molecule is C=CC=CC(CCCCCCCCC)OC(C)=O. The molecule has 1 unspecified atom stereocenters. The molecule has 0 aliphatic carbocycles. The first-order valence-corrected chi connectivity index (χ1v) is 7.17. The summed E-state index contributed by atoms with van der Waals surface area (Å²) in [6.45, 7) is 7.31. The van der Waals surface area contributed by atoms with Crippen LogP contribution < -0.4 is 0 Å². The van der Waals surface area contributed by atoms with E-state index >= 15 is 0 Å². The lowest BCUT2D eigenvalue weighted by Crippen LogP contribution is -2.13. The van der Waals surface area contributed by atoms with E-state index in [0.717, 1.165) is 12.8 Å². The molecular weight excluding hydrogens is 224 g/mol. The third kappa shape index (κ3) is 11.4. The molecule has 0 aliphatic heterocycles. The summed E-state index contributed by atoms with van der Waals surface area (Å²) in [4.78, 5) is 10.9. The van der Waals surface area contributed by atoms with Gasteiger partial charge in [-0.05, 0) is 18.9 Å². The van der Waals surface area contributed by atoms with Crippen LogP contribution in [0.1, 0.15) is 65.2 Å². The van der Waals surface area contributed by atoms with E-state index < -0.39 is 0 Å². The van der Waals surface area contributed by atoms with E-state index in [1.807, 2.05) is 12.2 Å². The van der Waals surface area contributed by atoms with E-state index in [1.54, 1.807) is 6.08 Å². The quantitative estimate of drug-likeness (QED) is 0.300. The summed E-state index contributed by atoms with van der Waals surface area (Å²) in [6, 6.07) is 0. The molecule has 0 bridgehead atoms. The molecule has 0 spiro atoms. The highest BCUT2D eigenvalue weighted by molar-refractivity contribution is 5.66. The fourth-order valence-electron chi connectivity index (χ4n) is 1.91. The van der Waals surface area contributed by atoms with Crippen LogP contribution in [0, 0.1) is 0 Å². The Balaban J connectivity index is 3.65. The van der Waals surface area contributed by atoms with Crippen molar-refractivity contribution in [2.24, 2.45) is 0 Å². The molecule has 0 amide bonds. The predicted octanol–water partition coefficient (Wildman–Crippen LogP) is 4.80. The van der Waals surface area contributed by atoms with Gasteiger partial charge in [0.2, 0.25) is 0 Å². The first-order valence-electron chi connectivity index (χ1n) is 7.17. The Hall–Kier alpha value is -1.05. The molecule has 2 nitrogen and oxygen atoms in total. The Kier molecular flexibility index (Phi) is 11.7. The van der Waals surface area contributed by atoms with Gasteiger partial charge in [-0.3, -0.25) is 4.79 Å². The molecule has 0 fully saturated rings. The Morgan fingerprint density at radius 2 is 1.78 bits per heavy atom. The first kappa shape index (κ1) is 16.9. The van der Waals surface area contributed by atoms with Crippen LogP contribution >= 0.6 is 0 Å². The normalized spacial score (nSPS) is 12.6. The van der Waals surface area contributed by atoms with Gasteiger partial charge in [0.15, 0.2) is 0 Å². The lowest BCUT2D eigenvalue weighted by Gasteiger charge is -2.12. The maximum Gasteiger partial charge on any atom is 0.303 e. The smallest absolute Gasteiger partial charge is 0.303 e. The third-order valence-corrected chi connectivity index (χ3v) is 2.87. The van der Waals surface area contributed by atoms with Crippen LogP contribution in [0.3, 0.4) is 0 Å². The molecule has 0 N–H and O–H groups in total. The van der Waals surface area contributed by atoms with E-state index in [4.69, 9.17) is 4.74 Å². The molecule has 0 saturated carbocycles. The summed E-state index contributed by atoms with van der Waals surface area (Å²) in [7, 11) is 0. The zero-order chi connectivity index (χ0) is 13.6. The largest absolute Gasteiger partial charge is 0.458 e. The minimum absolute atomic E-state index is 0.0869. The lowest BCUT2D eigenvalue weighted by molar-refractivity contribution is -0.144. The van der Waals surface area contributed by atoms with Crippen molar-refractivity contribution in [3.8, 4) is 0 Å². The number of hydrogen-bond acceptors (Lipinski definition) is 2. The second-order valence-corrected chi connectivity index (χ2v) is 4.68. The van der Waals surface area contributed by atoms with Crippen LogP contribution in [0.2, 0.25) is 0 Å². The standard InChI is InChI=1S/C16H28O2/c1-4-6-8-9-10-11-12-14-16(13-7-5-2)18-15(3)17/h5,7,13,16H,2,4,6,8-12,14H2,1,3H3. The second kappa shape index (κ2) is 12.4. The van der Waals surface area contributed by atoms with Crippen molar-refractivity contribution in [1.82, 2.24) is 0 Å². The highest BCUT2D eigenvalue weighted by atomic mass is 16.5. The second-order valence-electron chi connectivity index (χ2n) is 4.68. The molecule has 104 valence electrons. The van der Waals surface area contributed by atoms with Gasteiger partial charge < -0.3 is 4.74 Å². The fourth-order valence-corrected chi connectivity index (χ4v) is 1.91. The van der Waals surface area contributed by atoms with Gasteiger partial charge in [-0.25, -0.2) is 0 Å². The Morgan fingerprint density at radius 3 is 2.33 bits per heavy atom. The first-order chi connectivity index (χ1) is 8.70. The van der Waals surface area contributed by atoms with E-state index in [-0.39, 0.29) is 12.1 Å². The third-order valence-electron chi connectivity index (χ3n) is 2.87. The molecular formula is C16H28O2. The van der Waals surface area contributed by atoms with Gasteiger partial charge in [0.05, 0.1) is 0 Å². The summed E-state index contributed by atoms with van der Waals surface area (Å²) in [6.07, 6.45) is 15.2. The van der Waals surface area contributed by atoms with E-state index in [9.17, 15) is 4.79 Å². The summed E-state index contributed by atoms with van der Waals surface area (Å²) in [5.74, 6) is -0.211. The molecule has 0 aliphatic rings. The van der Waals surface area contributed by atoms with Crippen molar-refractivity contribution >= 4 is 5.97 Å². The zero-order valence-electron chi connectivity index (χ0n) is 12.0. The number of rotatable bonds is 11. The van der Waals surface area contributed by atoms with Gasteiger partial charge in [-0.1, -0.05) is 64.2 Å². The van der Waals surface area contributed by atoms with Gasteiger partial charge in [-0.15, -0.1) is 0 Å². The Morgan fingerprint density at radius 1 is 1.17 bits per heavy atom. The maximum atomic E-state index is 10.9. The highest BCUT2D eigenvalue weighted by Gasteiger charge is 2.07. The summed E-state index contributed by atoms with van der Waals surface area (Å²) in [5.41, 5.74) is 0. The molecule has 0 aromatic heterocycles.